The molecule has 0 saturated heterocycles. The second-order valence-electron chi connectivity index (χ2n) is 4.71. The van der Waals surface area contributed by atoms with Gasteiger partial charge in [-0.3, -0.25) is 4.79 Å². The van der Waals surface area contributed by atoms with E-state index in [0.29, 0.717) is 20.3 Å². The van der Waals surface area contributed by atoms with E-state index < -0.39 is 0 Å². The average molecular weight is 404 g/mol. The monoisotopic (exact) mass is 404 g/mol. The Morgan fingerprint density at radius 2 is 1.77 bits per heavy atom. The van der Waals surface area contributed by atoms with Crippen LogP contribution >= 0.6 is 22.6 Å². The van der Waals surface area contributed by atoms with Crippen molar-refractivity contribution in [2.24, 2.45) is 0 Å². The van der Waals surface area contributed by atoms with E-state index in [-0.39, 0.29) is 5.43 Å². The minimum Gasteiger partial charge on any atom is -0.497 e. The van der Waals surface area contributed by atoms with Gasteiger partial charge in [-0.15, -0.1) is 0 Å². The van der Waals surface area contributed by atoms with Crippen LogP contribution in [-0.4, -0.2) is 7.11 Å². The molecule has 0 atom stereocenters. The Balaban J connectivity index is 2.01. The molecule has 0 aliphatic rings. The Labute approximate surface area is 141 Å². The van der Waals surface area contributed by atoms with Gasteiger partial charge < -0.3 is 9.15 Å². The summed E-state index contributed by atoms with van der Waals surface area (Å²) in [5.41, 5.74) is 1.60. The molecule has 4 heteroatoms. The van der Waals surface area contributed by atoms with Gasteiger partial charge in [-0.25, -0.2) is 0 Å². The highest BCUT2D eigenvalue weighted by molar-refractivity contribution is 14.1. The zero-order valence-electron chi connectivity index (χ0n) is 11.9. The van der Waals surface area contributed by atoms with Crippen molar-refractivity contribution in [1.82, 2.24) is 0 Å². The van der Waals surface area contributed by atoms with Crippen LogP contribution in [0.3, 0.4) is 0 Å². The number of fused-ring (bicyclic) bond motifs is 1. The van der Waals surface area contributed by atoms with Crippen molar-refractivity contribution in [1.29, 1.82) is 0 Å². The van der Waals surface area contributed by atoms with E-state index in [0.717, 1.165) is 11.3 Å². The minimum atomic E-state index is -0.00293. The molecule has 0 radical (unpaired) electrons. The van der Waals surface area contributed by atoms with Crippen molar-refractivity contribution in [2.45, 2.75) is 0 Å². The summed E-state index contributed by atoms with van der Waals surface area (Å²) in [5, 5.41) is 0.605. The standard InChI is InChI=1S/C18H13IO3/c1-21-13-9-6-12(7-10-13)8-11-16-17(19)18(20)14-4-2-3-5-15(14)22-16/h2-11H,1H3/b11-8+. The molecule has 0 spiro atoms. The van der Waals surface area contributed by atoms with Gasteiger partial charge in [-0.05, 0) is 58.5 Å². The van der Waals surface area contributed by atoms with Crippen LogP contribution in [0.5, 0.6) is 5.75 Å². The lowest BCUT2D eigenvalue weighted by molar-refractivity contribution is 0.415. The summed E-state index contributed by atoms with van der Waals surface area (Å²) < 4.78 is 11.5. The van der Waals surface area contributed by atoms with Crippen LogP contribution in [-0.2, 0) is 0 Å². The fourth-order valence-corrected chi connectivity index (χ4v) is 2.71. The van der Waals surface area contributed by atoms with E-state index >= 15 is 0 Å². The van der Waals surface area contributed by atoms with E-state index in [1.165, 1.54) is 0 Å². The zero-order chi connectivity index (χ0) is 15.5. The Bertz CT molecular complexity index is 892. The first-order chi connectivity index (χ1) is 10.7. The molecule has 3 aromatic rings. The van der Waals surface area contributed by atoms with Crippen molar-refractivity contribution >= 4 is 45.7 Å². The summed E-state index contributed by atoms with van der Waals surface area (Å²) in [6.45, 7) is 0. The Hall–Kier alpha value is -2.08. The van der Waals surface area contributed by atoms with Crippen molar-refractivity contribution < 1.29 is 9.15 Å². The Kier molecular flexibility index (Phi) is 4.29. The molecule has 3 nitrogen and oxygen atoms in total. The highest BCUT2D eigenvalue weighted by Crippen LogP contribution is 2.20. The molecule has 0 amide bonds. The topological polar surface area (TPSA) is 39.4 Å². The Morgan fingerprint density at radius 3 is 2.50 bits per heavy atom. The molecule has 22 heavy (non-hydrogen) atoms. The minimum absolute atomic E-state index is 0.00293. The fourth-order valence-electron chi connectivity index (χ4n) is 2.13. The molecular formula is C18H13IO3. The number of rotatable bonds is 3. The molecule has 1 aromatic heterocycles. The summed E-state index contributed by atoms with van der Waals surface area (Å²) in [4.78, 5) is 12.3. The summed E-state index contributed by atoms with van der Waals surface area (Å²) in [7, 11) is 1.64. The van der Waals surface area contributed by atoms with Gasteiger partial charge in [0.25, 0.3) is 0 Å². The average Bonchev–Trinajstić information content (AvgIpc) is 2.57. The van der Waals surface area contributed by atoms with Gasteiger partial charge in [0.2, 0.25) is 5.43 Å². The molecule has 110 valence electrons. The largest absolute Gasteiger partial charge is 0.497 e. The number of hydrogen-bond donors (Lipinski definition) is 0. The molecule has 0 N–H and O–H groups in total. The highest BCUT2D eigenvalue weighted by atomic mass is 127. The first-order valence-electron chi connectivity index (χ1n) is 6.72. The summed E-state index contributed by atoms with van der Waals surface area (Å²) in [6.07, 6.45) is 3.73. The van der Waals surface area contributed by atoms with Crippen molar-refractivity contribution in [3.63, 3.8) is 0 Å². The second-order valence-corrected chi connectivity index (χ2v) is 5.79. The molecule has 0 bridgehead atoms. The number of ether oxygens (including phenoxy) is 1. The molecule has 3 rings (SSSR count). The second kappa shape index (κ2) is 6.36. The maximum Gasteiger partial charge on any atom is 0.206 e. The van der Waals surface area contributed by atoms with Crippen LogP contribution in [0.25, 0.3) is 23.1 Å². The number of para-hydroxylation sites is 1. The molecule has 0 aliphatic carbocycles. The van der Waals surface area contributed by atoms with Crippen LogP contribution < -0.4 is 10.2 Å². The number of halogens is 1. The van der Waals surface area contributed by atoms with Crippen molar-refractivity contribution in [2.75, 3.05) is 7.11 Å². The third-order valence-electron chi connectivity index (χ3n) is 3.31. The normalized spacial score (nSPS) is 11.2. The summed E-state index contributed by atoms with van der Waals surface area (Å²) >= 11 is 2.03. The van der Waals surface area contributed by atoms with Crippen LogP contribution in [0, 0.1) is 3.57 Å². The highest BCUT2D eigenvalue weighted by Gasteiger charge is 2.09. The van der Waals surface area contributed by atoms with E-state index in [1.54, 1.807) is 19.2 Å². The van der Waals surface area contributed by atoms with Gasteiger partial charge in [0, 0.05) is 0 Å². The van der Waals surface area contributed by atoms with Crippen LogP contribution in [0.2, 0.25) is 0 Å². The lowest BCUT2D eigenvalue weighted by Crippen LogP contribution is -2.07. The van der Waals surface area contributed by atoms with E-state index in [2.05, 4.69) is 0 Å². The smallest absolute Gasteiger partial charge is 0.206 e. The van der Waals surface area contributed by atoms with Gasteiger partial charge >= 0.3 is 0 Å². The summed E-state index contributed by atoms with van der Waals surface area (Å²) in [5.74, 6) is 1.38. The number of benzene rings is 2. The molecule has 0 unspecified atom stereocenters. The number of hydrogen-bond acceptors (Lipinski definition) is 3. The molecule has 1 heterocycles. The van der Waals surface area contributed by atoms with Gasteiger partial charge in [0.15, 0.2) is 0 Å². The van der Waals surface area contributed by atoms with Gasteiger partial charge in [-0.1, -0.05) is 30.3 Å². The quantitative estimate of drug-likeness (QED) is 0.601. The van der Waals surface area contributed by atoms with Gasteiger partial charge in [-0.2, -0.15) is 0 Å². The first kappa shape index (κ1) is 14.8. The fraction of sp³-hybridized carbons (Fsp3) is 0.0556. The molecule has 2 aromatic carbocycles. The van der Waals surface area contributed by atoms with E-state index in [9.17, 15) is 4.79 Å². The maximum absolute atomic E-state index is 12.3. The van der Waals surface area contributed by atoms with E-state index in [4.69, 9.17) is 9.15 Å². The first-order valence-corrected chi connectivity index (χ1v) is 7.80. The van der Waals surface area contributed by atoms with Crippen molar-refractivity contribution in [3.05, 3.63) is 73.6 Å². The molecule has 0 saturated carbocycles. The van der Waals surface area contributed by atoms with Gasteiger partial charge in [0.1, 0.15) is 20.7 Å². The van der Waals surface area contributed by atoms with E-state index in [1.807, 2.05) is 71.1 Å². The predicted molar refractivity (Wildman–Crippen MR) is 97.1 cm³/mol. The summed E-state index contributed by atoms with van der Waals surface area (Å²) in [6, 6.07) is 14.9. The van der Waals surface area contributed by atoms with Crippen LogP contribution in [0.15, 0.2) is 57.7 Å². The Morgan fingerprint density at radius 1 is 1.05 bits per heavy atom. The zero-order valence-corrected chi connectivity index (χ0v) is 14.0. The van der Waals surface area contributed by atoms with Gasteiger partial charge in [0.05, 0.1) is 12.5 Å². The molecule has 0 aliphatic heterocycles. The lowest BCUT2D eigenvalue weighted by Gasteiger charge is -2.02. The third-order valence-corrected chi connectivity index (χ3v) is 4.33. The van der Waals surface area contributed by atoms with Crippen molar-refractivity contribution in [3.8, 4) is 5.75 Å². The molecular weight excluding hydrogens is 391 g/mol. The third kappa shape index (κ3) is 2.92. The predicted octanol–water partition coefficient (Wildman–Crippen LogP) is 4.58. The van der Waals surface area contributed by atoms with Crippen LogP contribution in [0.1, 0.15) is 11.3 Å². The number of methoxy groups -OCH3 is 1. The lowest BCUT2D eigenvalue weighted by atomic mass is 10.2. The maximum atomic E-state index is 12.3. The molecule has 0 fully saturated rings. The SMILES string of the molecule is COc1ccc(/C=C/c2oc3ccccc3c(=O)c2I)cc1. The van der Waals surface area contributed by atoms with Crippen LogP contribution in [0.4, 0.5) is 0 Å².